The molecule has 0 aliphatic heterocycles. The van der Waals surface area contributed by atoms with Crippen LogP contribution in [0.15, 0.2) is 12.1 Å². The van der Waals surface area contributed by atoms with E-state index in [1.807, 2.05) is 16.7 Å². The number of hydrogen-bond acceptors (Lipinski definition) is 3. The van der Waals surface area contributed by atoms with Gasteiger partial charge in [0, 0.05) is 10.3 Å². The first kappa shape index (κ1) is 13.8. The van der Waals surface area contributed by atoms with E-state index in [-0.39, 0.29) is 11.5 Å². The molecule has 98 valence electrons. The van der Waals surface area contributed by atoms with Crippen LogP contribution in [0.2, 0.25) is 9.62 Å². The molecule has 0 aliphatic carbocycles. The number of aromatic nitrogens is 3. The zero-order valence-electron chi connectivity index (χ0n) is 10.7. The zero-order valence-corrected chi connectivity index (χ0v) is 13.1. The van der Waals surface area contributed by atoms with Gasteiger partial charge >= 0.3 is 0 Å². The first-order valence-electron chi connectivity index (χ1n) is 5.67. The smallest absolute Gasteiger partial charge is 0.225 e. The standard InChI is InChI=1S/C12H15Cl2N3S/c1-7(8-5-6-9(13)18-8)17-10(12(2,3)4)15-16-11(17)14/h5-7H,1-4H3. The van der Waals surface area contributed by atoms with Crippen LogP contribution in [0.4, 0.5) is 0 Å². The van der Waals surface area contributed by atoms with Crippen LogP contribution in [-0.4, -0.2) is 14.8 Å². The maximum absolute atomic E-state index is 6.16. The highest BCUT2D eigenvalue weighted by atomic mass is 35.5. The summed E-state index contributed by atoms with van der Waals surface area (Å²) in [7, 11) is 0. The van der Waals surface area contributed by atoms with Crippen LogP contribution >= 0.6 is 34.5 Å². The fraction of sp³-hybridized carbons (Fsp3) is 0.500. The SMILES string of the molecule is CC(c1ccc(Cl)s1)n1c(Cl)nnc1C(C)(C)C. The van der Waals surface area contributed by atoms with Crippen LogP contribution in [0, 0.1) is 0 Å². The van der Waals surface area contributed by atoms with Crippen molar-refractivity contribution in [1.82, 2.24) is 14.8 Å². The van der Waals surface area contributed by atoms with Gasteiger partial charge in [-0.25, -0.2) is 0 Å². The first-order chi connectivity index (χ1) is 8.30. The van der Waals surface area contributed by atoms with Crippen LogP contribution in [0.1, 0.15) is 44.4 Å². The summed E-state index contributed by atoms with van der Waals surface area (Å²) in [4.78, 5) is 1.15. The number of rotatable bonds is 2. The molecule has 0 aromatic carbocycles. The van der Waals surface area contributed by atoms with Crippen molar-refractivity contribution >= 4 is 34.5 Å². The van der Waals surface area contributed by atoms with Gasteiger partial charge in [0.15, 0.2) is 0 Å². The molecular weight excluding hydrogens is 289 g/mol. The third-order valence-electron chi connectivity index (χ3n) is 2.72. The van der Waals surface area contributed by atoms with Gasteiger partial charge in [0.05, 0.1) is 10.4 Å². The molecule has 0 bridgehead atoms. The molecule has 0 spiro atoms. The highest BCUT2D eigenvalue weighted by Crippen LogP contribution is 2.33. The Hall–Kier alpha value is -0.580. The van der Waals surface area contributed by atoms with Crippen LogP contribution in [-0.2, 0) is 5.41 Å². The van der Waals surface area contributed by atoms with E-state index in [0.29, 0.717) is 5.28 Å². The summed E-state index contributed by atoms with van der Waals surface area (Å²) < 4.78 is 2.74. The molecule has 2 heterocycles. The largest absolute Gasteiger partial charge is 0.293 e. The van der Waals surface area contributed by atoms with Gasteiger partial charge in [-0.05, 0) is 30.7 Å². The average Bonchev–Trinajstić information content (AvgIpc) is 2.82. The topological polar surface area (TPSA) is 30.7 Å². The van der Waals surface area contributed by atoms with E-state index >= 15 is 0 Å². The fourth-order valence-electron chi connectivity index (χ4n) is 1.81. The van der Waals surface area contributed by atoms with Crippen molar-refractivity contribution in [2.24, 2.45) is 0 Å². The number of halogens is 2. The van der Waals surface area contributed by atoms with Gasteiger partial charge in [0.1, 0.15) is 5.82 Å². The van der Waals surface area contributed by atoms with Gasteiger partial charge in [-0.1, -0.05) is 32.4 Å². The average molecular weight is 304 g/mol. The molecule has 2 aromatic heterocycles. The molecule has 0 N–H and O–H groups in total. The molecule has 0 fully saturated rings. The van der Waals surface area contributed by atoms with E-state index < -0.39 is 0 Å². The van der Waals surface area contributed by atoms with Crippen molar-refractivity contribution < 1.29 is 0 Å². The van der Waals surface area contributed by atoms with Crippen molar-refractivity contribution in [1.29, 1.82) is 0 Å². The van der Waals surface area contributed by atoms with Crippen LogP contribution < -0.4 is 0 Å². The predicted molar refractivity (Wildman–Crippen MR) is 76.9 cm³/mol. The van der Waals surface area contributed by atoms with Crippen LogP contribution in [0.3, 0.4) is 0 Å². The molecule has 0 amide bonds. The predicted octanol–water partition coefficient (Wildman–Crippen LogP) is 4.55. The second kappa shape index (κ2) is 4.83. The lowest BCUT2D eigenvalue weighted by atomic mass is 9.95. The summed E-state index contributed by atoms with van der Waals surface area (Å²) in [6.07, 6.45) is 0. The molecule has 0 aliphatic rings. The fourth-order valence-corrected chi connectivity index (χ4v) is 3.17. The molecule has 6 heteroatoms. The molecular formula is C12H15Cl2N3S. The third-order valence-corrected chi connectivity index (χ3v) is 4.38. The minimum atomic E-state index is -0.102. The summed E-state index contributed by atoms with van der Waals surface area (Å²) in [5.74, 6) is 0.879. The van der Waals surface area contributed by atoms with Gasteiger partial charge in [-0.15, -0.1) is 21.5 Å². The maximum Gasteiger partial charge on any atom is 0.225 e. The van der Waals surface area contributed by atoms with Gasteiger partial charge in [-0.2, -0.15) is 0 Å². The number of hydrogen-bond donors (Lipinski definition) is 0. The van der Waals surface area contributed by atoms with Gasteiger partial charge in [0.25, 0.3) is 0 Å². The zero-order chi connectivity index (χ0) is 13.5. The lowest BCUT2D eigenvalue weighted by Gasteiger charge is -2.22. The van der Waals surface area contributed by atoms with Crippen LogP contribution in [0.25, 0.3) is 0 Å². The van der Waals surface area contributed by atoms with Crippen LogP contribution in [0.5, 0.6) is 0 Å². The molecule has 1 atom stereocenters. The minimum Gasteiger partial charge on any atom is -0.293 e. The summed E-state index contributed by atoms with van der Waals surface area (Å²) in [6.45, 7) is 8.36. The first-order valence-corrected chi connectivity index (χ1v) is 7.24. The minimum absolute atomic E-state index is 0.0826. The maximum atomic E-state index is 6.16. The Morgan fingerprint density at radius 3 is 2.39 bits per heavy atom. The number of thiophene rings is 1. The molecule has 0 saturated carbocycles. The Kier molecular flexibility index (Phi) is 3.72. The molecule has 2 aromatic rings. The molecule has 0 radical (unpaired) electrons. The lowest BCUT2D eigenvalue weighted by Crippen LogP contribution is -2.21. The van der Waals surface area contributed by atoms with Gasteiger partial charge < -0.3 is 0 Å². The quantitative estimate of drug-likeness (QED) is 0.814. The highest BCUT2D eigenvalue weighted by molar-refractivity contribution is 7.16. The Morgan fingerprint density at radius 2 is 1.89 bits per heavy atom. The van der Waals surface area contributed by atoms with Crippen molar-refractivity contribution in [2.75, 3.05) is 0 Å². The molecule has 0 saturated heterocycles. The molecule has 2 rings (SSSR count). The summed E-state index contributed by atoms with van der Waals surface area (Å²) in [5, 5.41) is 8.59. The summed E-state index contributed by atoms with van der Waals surface area (Å²) in [5.41, 5.74) is -0.102. The van der Waals surface area contributed by atoms with Crippen molar-refractivity contribution in [3.8, 4) is 0 Å². The third kappa shape index (κ3) is 2.56. The van der Waals surface area contributed by atoms with E-state index in [1.54, 1.807) is 11.3 Å². The normalized spacial score (nSPS) is 13.9. The molecule has 18 heavy (non-hydrogen) atoms. The van der Waals surface area contributed by atoms with Crippen molar-refractivity contribution in [2.45, 2.75) is 39.2 Å². The monoisotopic (exact) mass is 303 g/mol. The highest BCUT2D eigenvalue weighted by Gasteiger charge is 2.27. The second-order valence-electron chi connectivity index (χ2n) is 5.23. The Balaban J connectivity index is 2.48. The van der Waals surface area contributed by atoms with Gasteiger partial charge in [0.2, 0.25) is 5.28 Å². The lowest BCUT2D eigenvalue weighted by molar-refractivity contribution is 0.484. The summed E-state index contributed by atoms with van der Waals surface area (Å²) >= 11 is 13.7. The van der Waals surface area contributed by atoms with Crippen molar-refractivity contribution in [3.05, 3.63) is 32.5 Å². The van der Waals surface area contributed by atoms with E-state index in [1.165, 1.54) is 0 Å². The molecule has 1 unspecified atom stereocenters. The van der Waals surface area contributed by atoms with Gasteiger partial charge in [-0.3, -0.25) is 4.57 Å². The summed E-state index contributed by atoms with van der Waals surface area (Å²) in [6, 6.07) is 3.99. The van der Waals surface area contributed by atoms with E-state index in [4.69, 9.17) is 23.2 Å². The number of nitrogens with zero attached hydrogens (tertiary/aromatic N) is 3. The Bertz CT molecular complexity index is 554. The molecule has 3 nitrogen and oxygen atoms in total. The van der Waals surface area contributed by atoms with Crippen molar-refractivity contribution in [3.63, 3.8) is 0 Å². The Morgan fingerprint density at radius 1 is 1.22 bits per heavy atom. The van der Waals surface area contributed by atoms with E-state index in [2.05, 4.69) is 37.9 Å². The second-order valence-corrected chi connectivity index (χ2v) is 7.32. The van der Waals surface area contributed by atoms with E-state index in [9.17, 15) is 0 Å². The van der Waals surface area contributed by atoms with E-state index in [0.717, 1.165) is 15.0 Å². The Labute approximate surface area is 121 Å².